The first-order chi connectivity index (χ1) is 10.1. The van der Waals surface area contributed by atoms with Crippen LogP contribution in [0.1, 0.15) is 31.7 Å². The number of halogens is 2. The average Bonchev–Trinajstić information content (AvgIpc) is 3.23. The molecule has 0 aromatic heterocycles. The maximum absolute atomic E-state index is 11.6. The highest BCUT2D eigenvalue weighted by molar-refractivity contribution is 9.11. The van der Waals surface area contributed by atoms with Crippen molar-refractivity contribution < 1.29 is 9.53 Å². The van der Waals surface area contributed by atoms with Crippen LogP contribution in [0, 0.1) is 0 Å². The highest BCUT2D eigenvalue weighted by Crippen LogP contribution is 2.34. The van der Waals surface area contributed by atoms with Crippen molar-refractivity contribution in [3.63, 3.8) is 0 Å². The van der Waals surface area contributed by atoms with Crippen LogP contribution >= 0.6 is 31.9 Å². The van der Waals surface area contributed by atoms with E-state index in [0.717, 1.165) is 40.6 Å². The van der Waals surface area contributed by atoms with E-state index in [1.54, 1.807) is 0 Å². The zero-order chi connectivity index (χ0) is 15.2. The van der Waals surface area contributed by atoms with Crippen molar-refractivity contribution in [3.8, 4) is 5.75 Å². The third-order valence-electron chi connectivity index (χ3n) is 3.16. The molecule has 6 heteroatoms. The lowest BCUT2D eigenvalue weighted by Gasteiger charge is -2.12. The molecule has 4 nitrogen and oxygen atoms in total. The standard InChI is InChI=1S/C15H20Br2N2O2/c1-2-18-9-10-7-12(16)15(13(17)8-10)21-6-5-14(20)19-11-3-4-11/h7-8,11,18H,2-6,9H2,1H3,(H,19,20). The first kappa shape index (κ1) is 16.8. The highest BCUT2D eigenvalue weighted by Gasteiger charge is 2.23. The van der Waals surface area contributed by atoms with Crippen molar-refractivity contribution in [2.75, 3.05) is 13.2 Å². The van der Waals surface area contributed by atoms with Gasteiger partial charge in [-0.15, -0.1) is 0 Å². The van der Waals surface area contributed by atoms with Crippen LogP contribution in [-0.2, 0) is 11.3 Å². The van der Waals surface area contributed by atoms with Crippen molar-refractivity contribution in [1.29, 1.82) is 0 Å². The van der Waals surface area contributed by atoms with Gasteiger partial charge >= 0.3 is 0 Å². The lowest BCUT2D eigenvalue weighted by atomic mass is 10.2. The number of benzene rings is 1. The zero-order valence-corrected chi connectivity index (χ0v) is 15.2. The molecule has 1 amide bonds. The Morgan fingerprint density at radius 1 is 1.33 bits per heavy atom. The molecule has 21 heavy (non-hydrogen) atoms. The number of carbonyl (C=O) groups excluding carboxylic acids is 1. The fourth-order valence-electron chi connectivity index (χ4n) is 1.89. The third kappa shape index (κ3) is 5.60. The van der Waals surface area contributed by atoms with E-state index < -0.39 is 0 Å². The van der Waals surface area contributed by atoms with E-state index in [1.165, 1.54) is 5.56 Å². The van der Waals surface area contributed by atoms with E-state index in [0.29, 0.717) is 19.1 Å². The van der Waals surface area contributed by atoms with E-state index in [4.69, 9.17) is 4.74 Å². The number of nitrogens with one attached hydrogen (secondary N) is 2. The van der Waals surface area contributed by atoms with Crippen molar-refractivity contribution >= 4 is 37.8 Å². The second-order valence-electron chi connectivity index (χ2n) is 5.11. The van der Waals surface area contributed by atoms with Gasteiger partial charge in [-0.25, -0.2) is 0 Å². The van der Waals surface area contributed by atoms with Crippen LogP contribution in [-0.4, -0.2) is 25.1 Å². The summed E-state index contributed by atoms with van der Waals surface area (Å²) in [5, 5.41) is 6.24. The molecule has 0 radical (unpaired) electrons. The van der Waals surface area contributed by atoms with Crippen molar-refractivity contribution in [2.24, 2.45) is 0 Å². The summed E-state index contributed by atoms with van der Waals surface area (Å²) in [7, 11) is 0. The van der Waals surface area contributed by atoms with Gasteiger partial charge in [0.1, 0.15) is 5.75 Å². The van der Waals surface area contributed by atoms with Crippen LogP contribution in [0.5, 0.6) is 5.75 Å². The van der Waals surface area contributed by atoms with Gasteiger partial charge in [0.25, 0.3) is 0 Å². The van der Waals surface area contributed by atoms with Crippen LogP contribution in [0.25, 0.3) is 0 Å². The molecule has 0 aliphatic heterocycles. The maximum atomic E-state index is 11.6. The van der Waals surface area contributed by atoms with E-state index in [2.05, 4.69) is 49.4 Å². The van der Waals surface area contributed by atoms with Crippen molar-refractivity contribution in [1.82, 2.24) is 10.6 Å². The first-order valence-electron chi connectivity index (χ1n) is 7.21. The Kier molecular flexibility index (Phi) is 6.51. The van der Waals surface area contributed by atoms with E-state index in [1.807, 2.05) is 12.1 Å². The number of hydrogen-bond donors (Lipinski definition) is 2. The lowest BCUT2D eigenvalue weighted by molar-refractivity contribution is -0.121. The molecule has 2 N–H and O–H groups in total. The van der Waals surface area contributed by atoms with E-state index in [-0.39, 0.29) is 5.91 Å². The molecule has 0 heterocycles. The SMILES string of the molecule is CCNCc1cc(Br)c(OCCC(=O)NC2CC2)c(Br)c1. The number of amides is 1. The van der Waals surface area contributed by atoms with Gasteiger partial charge in [-0.2, -0.15) is 0 Å². The molecule has 0 atom stereocenters. The highest BCUT2D eigenvalue weighted by atomic mass is 79.9. The molecule has 1 saturated carbocycles. The average molecular weight is 420 g/mol. The lowest BCUT2D eigenvalue weighted by Crippen LogP contribution is -2.26. The number of ether oxygens (including phenoxy) is 1. The van der Waals surface area contributed by atoms with Crippen molar-refractivity contribution in [3.05, 3.63) is 26.6 Å². The van der Waals surface area contributed by atoms with Gasteiger partial charge in [0.05, 0.1) is 22.0 Å². The summed E-state index contributed by atoms with van der Waals surface area (Å²) in [6.07, 6.45) is 2.60. The minimum absolute atomic E-state index is 0.0634. The molecule has 1 aliphatic rings. The van der Waals surface area contributed by atoms with Gasteiger partial charge in [0.15, 0.2) is 0 Å². The summed E-state index contributed by atoms with van der Waals surface area (Å²) in [6, 6.07) is 4.47. The van der Waals surface area contributed by atoms with E-state index in [9.17, 15) is 4.79 Å². The Balaban J connectivity index is 1.85. The Morgan fingerprint density at radius 3 is 2.57 bits per heavy atom. The minimum atomic E-state index is 0.0634. The quantitative estimate of drug-likeness (QED) is 0.679. The molecule has 2 rings (SSSR count). The van der Waals surface area contributed by atoms with Gasteiger partial charge in [-0.05, 0) is 68.9 Å². The molecular formula is C15H20Br2N2O2. The number of rotatable bonds is 8. The summed E-state index contributed by atoms with van der Waals surface area (Å²) in [6.45, 7) is 4.21. The Hall–Kier alpha value is -0.590. The number of carbonyl (C=O) groups is 1. The maximum Gasteiger partial charge on any atom is 0.223 e. The Bertz CT molecular complexity index is 481. The molecule has 0 bridgehead atoms. The first-order valence-corrected chi connectivity index (χ1v) is 8.79. The molecule has 1 aliphatic carbocycles. The van der Waals surface area contributed by atoms with Crippen LogP contribution in [0.2, 0.25) is 0 Å². The van der Waals surface area contributed by atoms with Crippen LogP contribution in [0.15, 0.2) is 21.1 Å². The second-order valence-corrected chi connectivity index (χ2v) is 6.82. The second kappa shape index (κ2) is 8.15. The predicted octanol–water partition coefficient (Wildman–Crippen LogP) is 3.37. The predicted molar refractivity (Wildman–Crippen MR) is 90.5 cm³/mol. The molecule has 0 spiro atoms. The van der Waals surface area contributed by atoms with Gasteiger partial charge in [-0.3, -0.25) is 4.79 Å². The molecule has 1 aromatic carbocycles. The molecule has 1 fully saturated rings. The van der Waals surface area contributed by atoms with Crippen molar-refractivity contribution in [2.45, 2.75) is 38.8 Å². The summed E-state index contributed by atoms with van der Waals surface area (Å²) >= 11 is 7.05. The molecule has 0 unspecified atom stereocenters. The fourth-order valence-corrected chi connectivity index (χ4v) is 3.41. The minimum Gasteiger partial charge on any atom is -0.491 e. The summed E-state index contributed by atoms with van der Waals surface area (Å²) in [5.74, 6) is 0.808. The van der Waals surface area contributed by atoms with Gasteiger partial charge < -0.3 is 15.4 Å². The third-order valence-corrected chi connectivity index (χ3v) is 4.33. The van der Waals surface area contributed by atoms with Crippen LogP contribution in [0.3, 0.4) is 0 Å². The van der Waals surface area contributed by atoms with Gasteiger partial charge in [0.2, 0.25) is 5.91 Å². The van der Waals surface area contributed by atoms with Crippen LogP contribution in [0.4, 0.5) is 0 Å². The normalized spacial score (nSPS) is 14.0. The molecule has 116 valence electrons. The van der Waals surface area contributed by atoms with Gasteiger partial charge in [-0.1, -0.05) is 6.92 Å². The zero-order valence-electron chi connectivity index (χ0n) is 12.0. The fraction of sp³-hybridized carbons (Fsp3) is 0.533. The largest absolute Gasteiger partial charge is 0.491 e. The molecular weight excluding hydrogens is 400 g/mol. The van der Waals surface area contributed by atoms with Gasteiger partial charge in [0, 0.05) is 12.6 Å². The topological polar surface area (TPSA) is 50.4 Å². The number of hydrogen-bond acceptors (Lipinski definition) is 3. The van der Waals surface area contributed by atoms with Crippen LogP contribution < -0.4 is 15.4 Å². The monoisotopic (exact) mass is 418 g/mol. The summed E-state index contributed by atoms with van der Waals surface area (Å²) < 4.78 is 7.52. The smallest absolute Gasteiger partial charge is 0.223 e. The summed E-state index contributed by atoms with van der Waals surface area (Å²) in [5.41, 5.74) is 1.18. The van der Waals surface area contributed by atoms with E-state index >= 15 is 0 Å². The Morgan fingerprint density at radius 2 is 2.00 bits per heavy atom. The molecule has 0 saturated heterocycles. The summed E-state index contributed by atoms with van der Waals surface area (Å²) in [4.78, 5) is 11.6. The molecule has 1 aromatic rings. The Labute approximate surface area is 142 Å².